The Balaban J connectivity index is 1.15. The van der Waals surface area contributed by atoms with Gasteiger partial charge in [-0.05, 0) is 76.9 Å². The van der Waals surface area contributed by atoms with E-state index in [2.05, 4.69) is 45.0 Å². The molecule has 3 aromatic heterocycles. The van der Waals surface area contributed by atoms with Gasteiger partial charge in [0.15, 0.2) is 11.0 Å². The van der Waals surface area contributed by atoms with Crippen molar-refractivity contribution < 1.29 is 9.59 Å². The zero-order valence-electron chi connectivity index (χ0n) is 27.0. The van der Waals surface area contributed by atoms with Crippen molar-refractivity contribution in [2.24, 2.45) is 4.99 Å². The number of fused-ring (bicyclic) bond motifs is 3. The van der Waals surface area contributed by atoms with Crippen LogP contribution in [-0.2, 0) is 4.79 Å². The van der Waals surface area contributed by atoms with E-state index in [1.807, 2.05) is 68.7 Å². The molecule has 0 spiro atoms. The van der Waals surface area contributed by atoms with E-state index in [0.29, 0.717) is 34.6 Å². The molecule has 1 aliphatic rings. The van der Waals surface area contributed by atoms with Crippen molar-refractivity contribution in [2.45, 2.75) is 54.0 Å². The number of aliphatic imine (C=N–C) groups is 1. The zero-order valence-corrected chi connectivity index (χ0v) is 29.4. The highest BCUT2D eigenvalue weighted by Gasteiger charge is 2.32. The van der Waals surface area contributed by atoms with Gasteiger partial charge in [-0.25, -0.2) is 4.98 Å². The molecule has 242 valence electrons. The number of thiazole rings is 1. The number of aromatic nitrogens is 4. The molecule has 1 atom stereocenters. The maximum Gasteiger partial charge on any atom is 0.257 e. The number of halogens is 1. The lowest BCUT2D eigenvalue weighted by Crippen LogP contribution is -2.30. The summed E-state index contributed by atoms with van der Waals surface area (Å²) in [5, 5.41) is 20.4. The Morgan fingerprint density at radius 3 is 2.40 bits per heavy atom. The topological polar surface area (TPSA) is 126 Å². The second-order valence-electron chi connectivity index (χ2n) is 11.5. The summed E-state index contributed by atoms with van der Waals surface area (Å²) in [6.45, 7) is 12.8. The van der Waals surface area contributed by atoms with Gasteiger partial charge in [0, 0.05) is 50.2 Å². The lowest BCUT2D eigenvalue weighted by molar-refractivity contribution is -0.121. The van der Waals surface area contributed by atoms with Crippen molar-refractivity contribution in [1.29, 1.82) is 0 Å². The highest BCUT2D eigenvalue weighted by molar-refractivity contribution is 7.16. The van der Waals surface area contributed by atoms with Gasteiger partial charge in [-0.3, -0.25) is 24.5 Å². The fourth-order valence-electron chi connectivity index (χ4n) is 5.54. The number of rotatable bonds is 9. The minimum Gasteiger partial charge on any atom is -0.383 e. The van der Waals surface area contributed by atoms with E-state index >= 15 is 0 Å². The third kappa shape index (κ3) is 6.58. The Morgan fingerprint density at radius 1 is 0.915 bits per heavy atom. The summed E-state index contributed by atoms with van der Waals surface area (Å²) >= 11 is 9.35. The summed E-state index contributed by atoms with van der Waals surface area (Å²) in [5.74, 6) is 1.02. The Hall–Kier alpha value is -4.39. The van der Waals surface area contributed by atoms with Gasteiger partial charge < -0.3 is 10.6 Å². The van der Waals surface area contributed by atoms with Crippen LogP contribution >= 0.6 is 34.3 Å². The van der Waals surface area contributed by atoms with Gasteiger partial charge in [0.1, 0.15) is 16.9 Å². The molecule has 13 heteroatoms. The quantitative estimate of drug-likeness (QED) is 0.143. The van der Waals surface area contributed by atoms with Gasteiger partial charge in [0.25, 0.3) is 5.91 Å². The zero-order chi connectivity index (χ0) is 33.4. The summed E-state index contributed by atoms with van der Waals surface area (Å²) in [7, 11) is 0. The first-order valence-electron chi connectivity index (χ1n) is 15.2. The van der Waals surface area contributed by atoms with E-state index in [9.17, 15) is 9.59 Å². The van der Waals surface area contributed by atoms with E-state index in [0.717, 1.165) is 55.0 Å². The molecule has 0 fully saturated rings. The third-order valence-corrected chi connectivity index (χ3v) is 10.8. The number of hydrogen-bond acceptors (Lipinski definition) is 9. The average molecular weight is 687 g/mol. The van der Waals surface area contributed by atoms with Crippen LogP contribution in [0, 0.1) is 41.5 Å². The lowest BCUT2D eigenvalue weighted by atomic mass is 9.99. The van der Waals surface area contributed by atoms with Gasteiger partial charge in [0.2, 0.25) is 5.91 Å². The SMILES string of the molecule is Cc1nc(NC(=O)c2cccc(NCCNC(=O)C[C@@H]3N=C(c4ccc(Cl)cc4)c4c(sc(C)c4C)-n4c(C)nnc43)c2C)sc1C. The van der Waals surface area contributed by atoms with Gasteiger partial charge in [-0.1, -0.05) is 29.8 Å². The Labute approximate surface area is 286 Å². The van der Waals surface area contributed by atoms with Crippen LogP contribution in [0.1, 0.15) is 72.2 Å². The number of carbonyl (C=O) groups excluding carboxylic acids is 2. The normalized spacial score (nSPS) is 13.8. The van der Waals surface area contributed by atoms with E-state index < -0.39 is 6.04 Å². The predicted octanol–water partition coefficient (Wildman–Crippen LogP) is 7.05. The Kier molecular flexibility index (Phi) is 9.27. The number of benzene rings is 2. The van der Waals surface area contributed by atoms with Crippen molar-refractivity contribution in [3.8, 4) is 5.00 Å². The number of hydrogen-bond donors (Lipinski definition) is 3. The summed E-state index contributed by atoms with van der Waals surface area (Å²) in [4.78, 5) is 38.2. The van der Waals surface area contributed by atoms with Crippen LogP contribution in [0.4, 0.5) is 10.8 Å². The molecule has 5 aromatic rings. The van der Waals surface area contributed by atoms with Crippen LogP contribution in [0.2, 0.25) is 5.02 Å². The summed E-state index contributed by atoms with van der Waals surface area (Å²) in [5.41, 5.74) is 6.99. The number of nitrogens with one attached hydrogen (secondary N) is 3. The van der Waals surface area contributed by atoms with Crippen LogP contribution < -0.4 is 16.0 Å². The molecule has 0 unspecified atom stereocenters. The van der Waals surface area contributed by atoms with Gasteiger partial charge in [-0.2, -0.15) is 0 Å². The smallest absolute Gasteiger partial charge is 0.257 e. The van der Waals surface area contributed by atoms with Gasteiger partial charge in [-0.15, -0.1) is 32.9 Å². The molecular weight excluding hydrogens is 652 g/mol. The van der Waals surface area contributed by atoms with E-state index in [4.69, 9.17) is 16.6 Å². The van der Waals surface area contributed by atoms with Crippen LogP contribution in [0.15, 0.2) is 47.5 Å². The lowest BCUT2D eigenvalue weighted by Gasteiger charge is -2.15. The molecule has 3 N–H and O–H groups in total. The standard InChI is InChI=1S/C34H35ClN8O2S2/c1-17-20(4)46-33-29(17)30(23-10-12-24(35)13-11-23)39-27(31-42-41-22(6)43(31)33)16-28(44)37-15-14-36-26-9-7-8-25(18(26)2)32(45)40-34-38-19(3)21(5)47-34/h7-13,27,36H,14-16H2,1-6H3,(H,37,44)(H,38,40,45)/t27-/m0/s1. The van der Waals surface area contributed by atoms with E-state index in [1.54, 1.807) is 17.4 Å². The van der Waals surface area contributed by atoms with Crippen LogP contribution in [0.3, 0.4) is 0 Å². The predicted molar refractivity (Wildman–Crippen MR) is 190 cm³/mol. The fourth-order valence-corrected chi connectivity index (χ4v) is 7.69. The highest BCUT2D eigenvalue weighted by Crippen LogP contribution is 2.39. The monoisotopic (exact) mass is 686 g/mol. The molecule has 6 rings (SSSR count). The number of carbonyl (C=O) groups is 2. The van der Waals surface area contributed by atoms with E-state index in [1.165, 1.54) is 16.2 Å². The van der Waals surface area contributed by atoms with Gasteiger partial charge in [0.05, 0.1) is 17.8 Å². The van der Waals surface area contributed by atoms with Crippen LogP contribution in [0.5, 0.6) is 0 Å². The maximum absolute atomic E-state index is 13.3. The number of aryl methyl sites for hydroxylation is 4. The molecule has 2 aromatic carbocycles. The Morgan fingerprint density at radius 2 is 1.68 bits per heavy atom. The average Bonchev–Trinajstić information content (AvgIpc) is 3.64. The van der Waals surface area contributed by atoms with Crippen molar-refractivity contribution in [2.75, 3.05) is 23.7 Å². The van der Waals surface area contributed by atoms with Gasteiger partial charge >= 0.3 is 0 Å². The molecule has 10 nitrogen and oxygen atoms in total. The second-order valence-corrected chi connectivity index (χ2v) is 14.3. The molecule has 0 bridgehead atoms. The van der Waals surface area contributed by atoms with Crippen molar-refractivity contribution in [1.82, 2.24) is 25.1 Å². The summed E-state index contributed by atoms with van der Waals surface area (Å²) in [6.07, 6.45) is 0.104. The molecule has 47 heavy (non-hydrogen) atoms. The number of thiophene rings is 1. The van der Waals surface area contributed by atoms with Crippen molar-refractivity contribution in [3.63, 3.8) is 0 Å². The second kappa shape index (κ2) is 13.4. The molecule has 0 saturated heterocycles. The molecular formula is C34H35ClN8O2S2. The number of amides is 2. The molecule has 0 saturated carbocycles. The first kappa shape index (κ1) is 32.5. The minimum absolute atomic E-state index is 0.104. The summed E-state index contributed by atoms with van der Waals surface area (Å²) in [6, 6.07) is 12.6. The third-order valence-electron chi connectivity index (χ3n) is 8.33. The first-order chi connectivity index (χ1) is 22.5. The maximum atomic E-state index is 13.3. The molecule has 0 radical (unpaired) electrons. The minimum atomic E-state index is -0.544. The van der Waals surface area contributed by atoms with Crippen LogP contribution in [0.25, 0.3) is 5.00 Å². The van der Waals surface area contributed by atoms with E-state index in [-0.39, 0.29) is 18.2 Å². The summed E-state index contributed by atoms with van der Waals surface area (Å²) < 4.78 is 2.04. The Bertz CT molecular complexity index is 2010. The fraction of sp³-hybridized carbons (Fsp3) is 0.294. The first-order valence-corrected chi connectivity index (χ1v) is 17.2. The highest BCUT2D eigenvalue weighted by atomic mass is 35.5. The number of anilines is 2. The largest absolute Gasteiger partial charge is 0.383 e. The van der Waals surface area contributed by atoms with Crippen molar-refractivity contribution in [3.05, 3.63) is 102 Å². The van der Waals surface area contributed by atoms with Crippen molar-refractivity contribution >= 4 is 62.6 Å². The number of nitrogens with zero attached hydrogens (tertiary/aromatic N) is 5. The molecule has 1 aliphatic heterocycles. The molecule has 4 heterocycles. The molecule has 0 aliphatic carbocycles. The van der Waals surface area contributed by atoms with Crippen LogP contribution in [-0.4, -0.2) is 50.4 Å². The molecule has 2 amide bonds.